The van der Waals surface area contributed by atoms with Crippen LogP contribution in [0.2, 0.25) is 0 Å². The number of aromatic nitrogens is 2. The Morgan fingerprint density at radius 3 is 2.61 bits per heavy atom. The summed E-state index contributed by atoms with van der Waals surface area (Å²) in [6.45, 7) is 3.74. The largest absolute Gasteiger partial charge is 0.347 e. The van der Waals surface area contributed by atoms with Crippen LogP contribution in [0.5, 0.6) is 0 Å². The molecule has 3 rings (SSSR count). The van der Waals surface area contributed by atoms with Gasteiger partial charge in [-0.2, -0.15) is 0 Å². The van der Waals surface area contributed by atoms with Crippen LogP contribution in [0.25, 0.3) is 4.83 Å². The molecule has 0 aliphatic rings. The molecule has 28 heavy (non-hydrogen) atoms. The van der Waals surface area contributed by atoms with Crippen LogP contribution >= 0.6 is 11.3 Å². The highest BCUT2D eigenvalue weighted by Crippen LogP contribution is 2.18. The molecule has 0 fully saturated rings. The first-order chi connectivity index (χ1) is 13.4. The first-order valence-corrected chi connectivity index (χ1v) is 9.48. The van der Waals surface area contributed by atoms with Gasteiger partial charge in [0, 0.05) is 24.7 Å². The minimum atomic E-state index is -0.523. The number of carbonyl (C=O) groups excluding carboxylic acids is 1. The Hall–Kier alpha value is -3.18. The first kappa shape index (κ1) is 19.6. The molecule has 0 aliphatic carbocycles. The standard InChI is InChI=1S/C20H18FN3O3S/c1-3-4-5-10-23-18(26)13(2)19-24(20(23)27)12-16(28-19)17(25)22-11-14-6-8-15(21)9-7-14/h6-9,12H,3,10-11H2,1-2H3,(H,22,25). The average Bonchev–Trinajstić information content (AvgIpc) is 3.14. The summed E-state index contributed by atoms with van der Waals surface area (Å²) in [5.74, 6) is 4.91. The van der Waals surface area contributed by atoms with Gasteiger partial charge in [0.15, 0.2) is 0 Å². The van der Waals surface area contributed by atoms with Crippen LogP contribution in [0.4, 0.5) is 4.39 Å². The van der Waals surface area contributed by atoms with Crippen molar-refractivity contribution in [2.24, 2.45) is 0 Å². The van der Waals surface area contributed by atoms with E-state index in [1.165, 1.54) is 22.7 Å². The fourth-order valence-electron chi connectivity index (χ4n) is 2.64. The van der Waals surface area contributed by atoms with E-state index < -0.39 is 11.2 Å². The maximum atomic E-state index is 13.0. The number of hydrogen-bond donors (Lipinski definition) is 1. The van der Waals surface area contributed by atoms with Crippen molar-refractivity contribution >= 4 is 22.1 Å². The Balaban J connectivity index is 1.90. The number of fused-ring (bicyclic) bond motifs is 1. The molecule has 3 aromatic rings. The Kier molecular flexibility index (Phi) is 5.76. The van der Waals surface area contributed by atoms with Gasteiger partial charge < -0.3 is 5.32 Å². The predicted molar refractivity (Wildman–Crippen MR) is 106 cm³/mol. The highest BCUT2D eigenvalue weighted by atomic mass is 32.1. The third-order valence-corrected chi connectivity index (χ3v) is 5.33. The second-order valence-corrected chi connectivity index (χ2v) is 7.12. The van der Waals surface area contributed by atoms with Gasteiger partial charge >= 0.3 is 5.69 Å². The second kappa shape index (κ2) is 8.23. The molecule has 1 N–H and O–H groups in total. The molecule has 1 aromatic carbocycles. The van der Waals surface area contributed by atoms with Crippen molar-refractivity contribution in [1.29, 1.82) is 0 Å². The van der Waals surface area contributed by atoms with Crippen LogP contribution in [0.1, 0.15) is 34.1 Å². The highest BCUT2D eigenvalue weighted by molar-refractivity contribution is 7.19. The maximum absolute atomic E-state index is 13.0. The summed E-state index contributed by atoms with van der Waals surface area (Å²) in [5.41, 5.74) is 0.208. The van der Waals surface area contributed by atoms with E-state index in [1.807, 2.05) is 6.92 Å². The topological polar surface area (TPSA) is 72.6 Å². The minimum absolute atomic E-state index is 0.0111. The third-order valence-electron chi connectivity index (χ3n) is 4.12. The van der Waals surface area contributed by atoms with Gasteiger partial charge in [0.1, 0.15) is 15.5 Å². The number of halogens is 1. The van der Waals surface area contributed by atoms with Crippen molar-refractivity contribution in [3.05, 3.63) is 73.1 Å². The minimum Gasteiger partial charge on any atom is -0.347 e. The van der Waals surface area contributed by atoms with E-state index in [2.05, 4.69) is 17.2 Å². The lowest BCUT2D eigenvalue weighted by molar-refractivity contribution is 0.0954. The first-order valence-electron chi connectivity index (χ1n) is 8.66. The summed E-state index contributed by atoms with van der Waals surface area (Å²) in [6.07, 6.45) is 2.06. The normalized spacial score (nSPS) is 10.5. The molecule has 8 heteroatoms. The van der Waals surface area contributed by atoms with Crippen LogP contribution in [0.15, 0.2) is 40.1 Å². The van der Waals surface area contributed by atoms with E-state index in [0.717, 1.165) is 21.5 Å². The van der Waals surface area contributed by atoms with Gasteiger partial charge in [0.05, 0.1) is 6.54 Å². The zero-order chi connectivity index (χ0) is 20.3. The summed E-state index contributed by atoms with van der Waals surface area (Å²) < 4.78 is 15.3. The lowest BCUT2D eigenvalue weighted by atomic mass is 10.2. The van der Waals surface area contributed by atoms with E-state index >= 15 is 0 Å². The number of benzene rings is 1. The number of amides is 1. The maximum Gasteiger partial charge on any atom is 0.337 e. The van der Waals surface area contributed by atoms with E-state index in [4.69, 9.17) is 0 Å². The Morgan fingerprint density at radius 1 is 1.21 bits per heavy atom. The van der Waals surface area contributed by atoms with Crippen molar-refractivity contribution in [3.63, 3.8) is 0 Å². The number of aryl methyl sites for hydroxylation is 1. The molecule has 0 spiro atoms. The molecule has 0 atom stereocenters. The zero-order valence-electron chi connectivity index (χ0n) is 15.4. The quantitative estimate of drug-likeness (QED) is 0.685. The van der Waals surface area contributed by atoms with Crippen LogP contribution in [0, 0.1) is 24.6 Å². The molecule has 0 saturated heterocycles. The van der Waals surface area contributed by atoms with E-state index in [9.17, 15) is 18.8 Å². The molecule has 6 nitrogen and oxygen atoms in total. The van der Waals surface area contributed by atoms with E-state index in [0.29, 0.717) is 21.7 Å². The molecule has 0 aliphatic heterocycles. The third kappa shape index (κ3) is 3.89. The lowest BCUT2D eigenvalue weighted by Crippen LogP contribution is -2.38. The van der Waals surface area contributed by atoms with Gasteiger partial charge in [0.25, 0.3) is 11.5 Å². The number of carbonyl (C=O) groups is 1. The smallest absolute Gasteiger partial charge is 0.337 e. The van der Waals surface area contributed by atoms with Crippen LogP contribution in [0.3, 0.4) is 0 Å². The summed E-state index contributed by atoms with van der Waals surface area (Å²) in [7, 11) is 0. The van der Waals surface area contributed by atoms with Gasteiger partial charge in [-0.15, -0.1) is 17.3 Å². The number of nitrogens with one attached hydrogen (secondary N) is 1. The molecule has 0 radical (unpaired) electrons. The van der Waals surface area contributed by atoms with Gasteiger partial charge in [-0.05, 0) is 24.6 Å². The van der Waals surface area contributed by atoms with Gasteiger partial charge in [-0.1, -0.05) is 25.0 Å². The Labute approximate surface area is 164 Å². The molecule has 0 bridgehead atoms. The number of thiazole rings is 1. The van der Waals surface area contributed by atoms with Crippen molar-refractivity contribution in [1.82, 2.24) is 14.3 Å². The van der Waals surface area contributed by atoms with Crippen molar-refractivity contribution in [3.8, 4) is 11.8 Å². The molecule has 2 aromatic heterocycles. The molecular formula is C20H18FN3O3S. The van der Waals surface area contributed by atoms with Gasteiger partial charge in [-0.25, -0.2) is 13.8 Å². The van der Waals surface area contributed by atoms with Gasteiger partial charge in [0.2, 0.25) is 0 Å². The average molecular weight is 399 g/mol. The Morgan fingerprint density at radius 2 is 1.93 bits per heavy atom. The number of nitrogens with zero attached hydrogens (tertiary/aromatic N) is 2. The zero-order valence-corrected chi connectivity index (χ0v) is 16.2. The molecule has 0 saturated carbocycles. The van der Waals surface area contributed by atoms with Crippen molar-refractivity contribution in [2.45, 2.75) is 33.4 Å². The second-order valence-electron chi connectivity index (χ2n) is 6.09. The predicted octanol–water partition coefficient (Wildman–Crippen LogP) is 2.31. The molecule has 2 heterocycles. The summed E-state index contributed by atoms with van der Waals surface area (Å²) >= 11 is 1.08. The van der Waals surface area contributed by atoms with Crippen LogP contribution < -0.4 is 16.6 Å². The lowest BCUT2D eigenvalue weighted by Gasteiger charge is -2.03. The SMILES string of the molecule is CCC#CCn1c(=O)c(C)c2sc(C(=O)NCc3ccc(F)cc3)cn2c1=O. The monoisotopic (exact) mass is 399 g/mol. The fourth-order valence-corrected chi connectivity index (χ4v) is 3.64. The molecule has 0 unspecified atom stereocenters. The van der Waals surface area contributed by atoms with Crippen molar-refractivity contribution in [2.75, 3.05) is 0 Å². The van der Waals surface area contributed by atoms with Crippen LogP contribution in [-0.2, 0) is 13.1 Å². The number of rotatable bonds is 4. The highest BCUT2D eigenvalue weighted by Gasteiger charge is 2.17. The molecule has 1 amide bonds. The summed E-state index contributed by atoms with van der Waals surface area (Å²) in [5, 5.41) is 2.73. The summed E-state index contributed by atoms with van der Waals surface area (Å²) in [6, 6.07) is 5.80. The molecular weight excluding hydrogens is 381 g/mol. The van der Waals surface area contributed by atoms with Crippen molar-refractivity contribution < 1.29 is 9.18 Å². The summed E-state index contributed by atoms with van der Waals surface area (Å²) in [4.78, 5) is 38.3. The number of hydrogen-bond acceptors (Lipinski definition) is 4. The van der Waals surface area contributed by atoms with Crippen LogP contribution in [-0.4, -0.2) is 14.9 Å². The molecule has 144 valence electrons. The van der Waals surface area contributed by atoms with E-state index in [1.54, 1.807) is 19.1 Å². The van der Waals surface area contributed by atoms with E-state index in [-0.39, 0.29) is 24.8 Å². The van der Waals surface area contributed by atoms with Gasteiger partial charge in [-0.3, -0.25) is 14.0 Å². The Bertz CT molecular complexity index is 1210. The fraction of sp³-hybridized carbons (Fsp3) is 0.250.